The average Bonchev–Trinajstić information content (AvgIpc) is 2.28. The van der Waals surface area contributed by atoms with E-state index in [0.29, 0.717) is 6.10 Å². The highest BCUT2D eigenvalue weighted by Gasteiger charge is 2.18. The van der Waals surface area contributed by atoms with E-state index in [1.54, 1.807) is 0 Å². The largest absolute Gasteiger partial charge is 0.378 e. The lowest BCUT2D eigenvalue weighted by atomic mass is 9.94. The van der Waals surface area contributed by atoms with Crippen LogP contribution >= 0.6 is 0 Å². The van der Waals surface area contributed by atoms with E-state index in [2.05, 4.69) is 13.8 Å². The summed E-state index contributed by atoms with van der Waals surface area (Å²) in [6.07, 6.45) is 14.3. The van der Waals surface area contributed by atoms with Gasteiger partial charge in [0.2, 0.25) is 0 Å². The standard InChI is InChI=1S/C15H30O/c1-3-4-5-6-7-8-9-10-15-13-14(2)11-12-16-15/h14-15H,3-13H2,1-2H3. The molecular weight excluding hydrogens is 196 g/mol. The second-order valence-corrected chi connectivity index (χ2v) is 5.53. The van der Waals surface area contributed by atoms with Crippen LogP contribution < -0.4 is 0 Å². The Balaban J connectivity index is 1.86. The average molecular weight is 226 g/mol. The molecular formula is C15H30O. The molecule has 2 unspecified atom stereocenters. The van der Waals surface area contributed by atoms with E-state index >= 15 is 0 Å². The van der Waals surface area contributed by atoms with E-state index in [-0.39, 0.29) is 0 Å². The molecule has 96 valence electrons. The minimum atomic E-state index is 0.583. The Morgan fingerprint density at radius 2 is 1.69 bits per heavy atom. The van der Waals surface area contributed by atoms with Gasteiger partial charge in [-0.15, -0.1) is 0 Å². The number of hydrogen-bond donors (Lipinski definition) is 0. The van der Waals surface area contributed by atoms with Crippen LogP contribution in [0, 0.1) is 5.92 Å². The molecule has 1 heteroatoms. The Kier molecular flexibility index (Phi) is 7.92. The first-order chi connectivity index (χ1) is 7.83. The molecule has 1 heterocycles. The zero-order chi connectivity index (χ0) is 11.6. The fourth-order valence-electron chi connectivity index (χ4n) is 2.60. The summed E-state index contributed by atoms with van der Waals surface area (Å²) >= 11 is 0. The molecule has 0 N–H and O–H groups in total. The SMILES string of the molecule is CCCCCCCCCC1CC(C)CCO1. The minimum absolute atomic E-state index is 0.583. The van der Waals surface area contributed by atoms with E-state index < -0.39 is 0 Å². The van der Waals surface area contributed by atoms with Gasteiger partial charge in [0.25, 0.3) is 0 Å². The smallest absolute Gasteiger partial charge is 0.0577 e. The highest BCUT2D eigenvalue weighted by Crippen LogP contribution is 2.23. The van der Waals surface area contributed by atoms with Crippen LogP contribution in [0.5, 0.6) is 0 Å². The Hall–Kier alpha value is -0.0400. The van der Waals surface area contributed by atoms with Crippen LogP contribution in [0.4, 0.5) is 0 Å². The quantitative estimate of drug-likeness (QED) is 0.532. The third-order valence-corrected chi connectivity index (χ3v) is 3.76. The van der Waals surface area contributed by atoms with Crippen molar-refractivity contribution in [3.63, 3.8) is 0 Å². The topological polar surface area (TPSA) is 9.23 Å². The van der Waals surface area contributed by atoms with Crippen LogP contribution in [0.1, 0.15) is 78.1 Å². The molecule has 2 atom stereocenters. The highest BCUT2D eigenvalue weighted by atomic mass is 16.5. The number of unbranched alkanes of at least 4 members (excludes halogenated alkanes) is 6. The summed E-state index contributed by atoms with van der Waals surface area (Å²) in [6, 6.07) is 0. The van der Waals surface area contributed by atoms with Crippen LogP contribution in [0.25, 0.3) is 0 Å². The molecule has 1 aliphatic rings. The van der Waals surface area contributed by atoms with Crippen molar-refractivity contribution in [2.24, 2.45) is 5.92 Å². The molecule has 1 fully saturated rings. The lowest BCUT2D eigenvalue weighted by molar-refractivity contribution is -0.0105. The van der Waals surface area contributed by atoms with Gasteiger partial charge in [0.05, 0.1) is 6.10 Å². The fraction of sp³-hybridized carbons (Fsp3) is 1.00. The van der Waals surface area contributed by atoms with Crippen LogP contribution in [0.15, 0.2) is 0 Å². The lowest BCUT2D eigenvalue weighted by Crippen LogP contribution is -2.24. The van der Waals surface area contributed by atoms with Crippen LogP contribution in [-0.4, -0.2) is 12.7 Å². The molecule has 0 aromatic heterocycles. The molecule has 1 rings (SSSR count). The van der Waals surface area contributed by atoms with Crippen molar-refractivity contribution in [2.45, 2.75) is 84.2 Å². The molecule has 0 saturated carbocycles. The lowest BCUT2D eigenvalue weighted by Gasteiger charge is -2.27. The number of ether oxygens (including phenoxy) is 1. The van der Waals surface area contributed by atoms with Crippen molar-refractivity contribution in [1.82, 2.24) is 0 Å². The normalized spacial score (nSPS) is 25.9. The first kappa shape index (κ1) is 14.0. The zero-order valence-electron chi connectivity index (χ0n) is 11.3. The summed E-state index contributed by atoms with van der Waals surface area (Å²) in [5, 5.41) is 0. The molecule has 1 saturated heterocycles. The molecule has 0 spiro atoms. The van der Waals surface area contributed by atoms with Gasteiger partial charge in [-0.05, 0) is 25.2 Å². The molecule has 0 amide bonds. The summed E-state index contributed by atoms with van der Waals surface area (Å²) in [6.45, 7) is 5.64. The van der Waals surface area contributed by atoms with E-state index in [1.807, 2.05) is 0 Å². The maximum Gasteiger partial charge on any atom is 0.0577 e. The predicted molar refractivity (Wildman–Crippen MR) is 70.7 cm³/mol. The van der Waals surface area contributed by atoms with Gasteiger partial charge in [-0.2, -0.15) is 0 Å². The van der Waals surface area contributed by atoms with Crippen molar-refractivity contribution in [3.05, 3.63) is 0 Å². The van der Waals surface area contributed by atoms with Crippen molar-refractivity contribution in [2.75, 3.05) is 6.61 Å². The summed E-state index contributed by atoms with van der Waals surface area (Å²) < 4.78 is 5.79. The Morgan fingerprint density at radius 3 is 2.38 bits per heavy atom. The Labute approximate surface area is 102 Å². The first-order valence-corrected chi connectivity index (χ1v) is 7.44. The van der Waals surface area contributed by atoms with Crippen LogP contribution in [-0.2, 0) is 4.74 Å². The summed E-state index contributed by atoms with van der Waals surface area (Å²) in [5.74, 6) is 0.892. The first-order valence-electron chi connectivity index (χ1n) is 7.44. The highest BCUT2D eigenvalue weighted by molar-refractivity contribution is 4.68. The van der Waals surface area contributed by atoms with Gasteiger partial charge in [-0.3, -0.25) is 0 Å². The number of hydrogen-bond acceptors (Lipinski definition) is 1. The minimum Gasteiger partial charge on any atom is -0.378 e. The fourth-order valence-corrected chi connectivity index (χ4v) is 2.60. The van der Waals surface area contributed by atoms with Gasteiger partial charge < -0.3 is 4.74 Å². The number of rotatable bonds is 8. The second kappa shape index (κ2) is 9.04. The van der Waals surface area contributed by atoms with E-state index in [1.165, 1.54) is 64.2 Å². The predicted octanol–water partition coefficient (Wildman–Crippen LogP) is 4.94. The monoisotopic (exact) mass is 226 g/mol. The summed E-state index contributed by atoms with van der Waals surface area (Å²) in [7, 11) is 0. The second-order valence-electron chi connectivity index (χ2n) is 5.53. The third kappa shape index (κ3) is 6.52. The van der Waals surface area contributed by atoms with Gasteiger partial charge in [0.15, 0.2) is 0 Å². The Bertz CT molecular complexity index is 156. The van der Waals surface area contributed by atoms with Gasteiger partial charge in [0, 0.05) is 6.61 Å². The van der Waals surface area contributed by atoms with Crippen LogP contribution in [0.2, 0.25) is 0 Å². The van der Waals surface area contributed by atoms with E-state index in [0.717, 1.165) is 12.5 Å². The molecule has 0 aromatic rings. The molecule has 0 aromatic carbocycles. The van der Waals surface area contributed by atoms with Crippen molar-refractivity contribution >= 4 is 0 Å². The van der Waals surface area contributed by atoms with Crippen LogP contribution in [0.3, 0.4) is 0 Å². The van der Waals surface area contributed by atoms with E-state index in [4.69, 9.17) is 4.74 Å². The third-order valence-electron chi connectivity index (χ3n) is 3.76. The molecule has 16 heavy (non-hydrogen) atoms. The van der Waals surface area contributed by atoms with Crippen molar-refractivity contribution in [3.8, 4) is 0 Å². The van der Waals surface area contributed by atoms with Gasteiger partial charge >= 0.3 is 0 Å². The summed E-state index contributed by atoms with van der Waals surface area (Å²) in [5.41, 5.74) is 0. The van der Waals surface area contributed by atoms with Crippen molar-refractivity contribution < 1.29 is 4.74 Å². The van der Waals surface area contributed by atoms with Gasteiger partial charge in [-0.1, -0.05) is 58.8 Å². The zero-order valence-corrected chi connectivity index (χ0v) is 11.3. The summed E-state index contributed by atoms with van der Waals surface area (Å²) in [4.78, 5) is 0. The molecule has 1 aliphatic heterocycles. The molecule has 1 nitrogen and oxygen atoms in total. The Morgan fingerprint density at radius 1 is 1.00 bits per heavy atom. The van der Waals surface area contributed by atoms with Gasteiger partial charge in [-0.25, -0.2) is 0 Å². The molecule has 0 radical (unpaired) electrons. The maximum absolute atomic E-state index is 5.79. The van der Waals surface area contributed by atoms with E-state index in [9.17, 15) is 0 Å². The maximum atomic E-state index is 5.79. The van der Waals surface area contributed by atoms with Crippen molar-refractivity contribution in [1.29, 1.82) is 0 Å². The molecule has 0 aliphatic carbocycles. The molecule has 0 bridgehead atoms. The van der Waals surface area contributed by atoms with Gasteiger partial charge in [0.1, 0.15) is 0 Å².